The minimum Gasteiger partial charge on any atom is -0.360 e. The molecular weight excluding hydrogens is 325 g/mol. The first-order valence-electron chi connectivity index (χ1n) is 7.87. The van der Waals surface area contributed by atoms with E-state index in [2.05, 4.69) is 10.1 Å². The van der Waals surface area contributed by atoms with E-state index >= 15 is 0 Å². The number of carbonyl (C=O) groups is 2. The summed E-state index contributed by atoms with van der Waals surface area (Å²) in [6.07, 6.45) is 0.565. The van der Waals surface area contributed by atoms with Crippen LogP contribution in [0.2, 0.25) is 0 Å². The SMILES string of the molecule is CCc1onc(C)c1-c1[nH]c2ccc(F)cc2c1C(=O)C(=O)N(C)C. The quantitative estimate of drug-likeness (QED) is 0.583. The number of halogens is 1. The lowest BCUT2D eigenvalue weighted by Crippen LogP contribution is -2.30. The van der Waals surface area contributed by atoms with Crippen molar-refractivity contribution in [1.82, 2.24) is 15.0 Å². The third kappa shape index (κ3) is 2.71. The second-order valence-electron chi connectivity index (χ2n) is 6.01. The van der Waals surface area contributed by atoms with E-state index in [0.29, 0.717) is 40.0 Å². The monoisotopic (exact) mass is 343 g/mol. The number of aromatic amines is 1. The molecule has 0 aliphatic carbocycles. The maximum atomic E-state index is 13.8. The van der Waals surface area contributed by atoms with Crippen LogP contribution in [0.15, 0.2) is 22.7 Å². The Morgan fingerprint density at radius 2 is 2.04 bits per heavy atom. The van der Waals surface area contributed by atoms with Gasteiger partial charge >= 0.3 is 0 Å². The molecule has 1 aromatic carbocycles. The lowest BCUT2D eigenvalue weighted by molar-refractivity contribution is -0.124. The van der Waals surface area contributed by atoms with Crippen LogP contribution in [-0.2, 0) is 11.2 Å². The Balaban J connectivity index is 2.35. The van der Waals surface area contributed by atoms with Crippen LogP contribution < -0.4 is 0 Å². The molecule has 0 unspecified atom stereocenters. The summed E-state index contributed by atoms with van der Waals surface area (Å²) in [6, 6.07) is 4.09. The fourth-order valence-electron chi connectivity index (χ4n) is 2.88. The first-order chi connectivity index (χ1) is 11.8. The van der Waals surface area contributed by atoms with E-state index in [1.54, 1.807) is 13.0 Å². The number of aromatic nitrogens is 2. The average molecular weight is 343 g/mol. The lowest BCUT2D eigenvalue weighted by Gasteiger charge is -2.10. The number of hydrogen-bond acceptors (Lipinski definition) is 4. The number of likely N-dealkylation sites (N-methyl/N-ethyl adjacent to an activating group) is 1. The third-order valence-electron chi connectivity index (χ3n) is 4.09. The maximum absolute atomic E-state index is 13.8. The van der Waals surface area contributed by atoms with Crippen molar-refractivity contribution in [3.05, 3.63) is 41.0 Å². The first kappa shape index (κ1) is 16.9. The van der Waals surface area contributed by atoms with Crippen LogP contribution in [-0.4, -0.2) is 40.8 Å². The van der Waals surface area contributed by atoms with Crippen LogP contribution in [0, 0.1) is 12.7 Å². The lowest BCUT2D eigenvalue weighted by atomic mass is 9.99. The van der Waals surface area contributed by atoms with Crippen LogP contribution in [0.1, 0.15) is 28.7 Å². The van der Waals surface area contributed by atoms with Crippen molar-refractivity contribution in [3.63, 3.8) is 0 Å². The number of H-pyrrole nitrogens is 1. The van der Waals surface area contributed by atoms with Gasteiger partial charge in [-0.2, -0.15) is 0 Å². The Morgan fingerprint density at radius 3 is 2.68 bits per heavy atom. The smallest absolute Gasteiger partial charge is 0.294 e. The third-order valence-corrected chi connectivity index (χ3v) is 4.09. The van der Waals surface area contributed by atoms with Gasteiger partial charge in [-0.05, 0) is 25.1 Å². The van der Waals surface area contributed by atoms with Gasteiger partial charge in [0.15, 0.2) is 0 Å². The van der Waals surface area contributed by atoms with Crippen molar-refractivity contribution in [2.45, 2.75) is 20.3 Å². The highest BCUT2D eigenvalue weighted by atomic mass is 19.1. The minimum absolute atomic E-state index is 0.134. The molecule has 0 atom stereocenters. The molecule has 0 fully saturated rings. The molecule has 2 aromatic heterocycles. The minimum atomic E-state index is -0.709. The van der Waals surface area contributed by atoms with Gasteiger partial charge in [0.1, 0.15) is 11.6 Å². The van der Waals surface area contributed by atoms with Crippen LogP contribution in [0.25, 0.3) is 22.2 Å². The van der Waals surface area contributed by atoms with Crippen molar-refractivity contribution < 1.29 is 18.5 Å². The number of benzene rings is 1. The van der Waals surface area contributed by atoms with Crippen molar-refractivity contribution >= 4 is 22.6 Å². The normalized spacial score (nSPS) is 11.1. The molecule has 0 saturated heterocycles. The van der Waals surface area contributed by atoms with E-state index in [1.165, 1.54) is 31.1 Å². The zero-order valence-electron chi connectivity index (χ0n) is 14.4. The second kappa shape index (κ2) is 6.16. The average Bonchev–Trinajstić information content (AvgIpc) is 3.12. The molecule has 0 saturated carbocycles. The molecule has 3 rings (SSSR count). The van der Waals surface area contributed by atoms with Gasteiger partial charge < -0.3 is 14.4 Å². The summed E-state index contributed by atoms with van der Waals surface area (Å²) < 4.78 is 19.1. The van der Waals surface area contributed by atoms with Crippen LogP contribution in [0.4, 0.5) is 4.39 Å². The van der Waals surface area contributed by atoms with Crippen LogP contribution in [0.3, 0.4) is 0 Å². The zero-order valence-corrected chi connectivity index (χ0v) is 14.4. The molecule has 2 heterocycles. The fraction of sp³-hybridized carbons (Fsp3) is 0.278. The Morgan fingerprint density at radius 1 is 1.32 bits per heavy atom. The van der Waals surface area contributed by atoms with E-state index in [0.717, 1.165) is 0 Å². The Kier molecular flexibility index (Phi) is 4.16. The number of amides is 1. The molecule has 0 radical (unpaired) electrons. The zero-order chi connectivity index (χ0) is 18.3. The molecule has 1 amide bonds. The topological polar surface area (TPSA) is 79.2 Å². The van der Waals surface area contributed by atoms with E-state index in [4.69, 9.17) is 4.52 Å². The number of ketones is 1. The number of rotatable bonds is 4. The highest BCUT2D eigenvalue weighted by Gasteiger charge is 2.29. The molecule has 25 heavy (non-hydrogen) atoms. The molecule has 7 heteroatoms. The summed E-state index contributed by atoms with van der Waals surface area (Å²) in [5, 5.41) is 4.32. The van der Waals surface area contributed by atoms with Crippen LogP contribution in [0.5, 0.6) is 0 Å². The molecule has 1 N–H and O–H groups in total. The van der Waals surface area contributed by atoms with Crippen LogP contribution >= 0.6 is 0 Å². The van der Waals surface area contributed by atoms with Gasteiger partial charge in [0, 0.05) is 31.4 Å². The first-order valence-corrected chi connectivity index (χ1v) is 7.87. The number of Topliss-reactive ketones (excluding diaryl/α,β-unsaturated/α-hetero) is 1. The number of fused-ring (bicyclic) bond motifs is 1. The summed E-state index contributed by atoms with van der Waals surface area (Å²) in [5.41, 5.74) is 2.35. The van der Waals surface area contributed by atoms with Gasteiger partial charge in [0.2, 0.25) is 0 Å². The van der Waals surface area contributed by atoms with Crippen molar-refractivity contribution in [2.24, 2.45) is 0 Å². The summed E-state index contributed by atoms with van der Waals surface area (Å²) in [5.74, 6) is -1.28. The van der Waals surface area contributed by atoms with E-state index in [9.17, 15) is 14.0 Å². The summed E-state index contributed by atoms with van der Waals surface area (Å²) >= 11 is 0. The van der Waals surface area contributed by atoms with Gasteiger partial charge in [0.25, 0.3) is 11.7 Å². The van der Waals surface area contributed by atoms with E-state index in [-0.39, 0.29) is 5.56 Å². The number of aryl methyl sites for hydroxylation is 2. The van der Waals surface area contributed by atoms with Gasteiger partial charge in [-0.1, -0.05) is 12.1 Å². The Labute approximate surface area is 143 Å². The number of nitrogens with one attached hydrogen (secondary N) is 1. The number of carbonyl (C=O) groups excluding carboxylic acids is 2. The number of hydrogen-bond donors (Lipinski definition) is 1. The van der Waals surface area contributed by atoms with Crippen molar-refractivity contribution in [1.29, 1.82) is 0 Å². The van der Waals surface area contributed by atoms with Crippen molar-refractivity contribution in [2.75, 3.05) is 14.1 Å². The van der Waals surface area contributed by atoms with Gasteiger partial charge in [-0.3, -0.25) is 9.59 Å². The standard InChI is InChI=1S/C18H18FN3O3/c1-5-13-14(9(2)21-25-13)16-15(17(23)18(24)22(3)4)11-8-10(19)6-7-12(11)20-16/h6-8,20H,5H2,1-4H3. The molecule has 0 bridgehead atoms. The molecule has 0 spiro atoms. The molecule has 0 aliphatic rings. The molecule has 6 nitrogen and oxygen atoms in total. The molecule has 0 aliphatic heterocycles. The Hall–Kier alpha value is -2.96. The predicted molar refractivity (Wildman–Crippen MR) is 90.9 cm³/mol. The summed E-state index contributed by atoms with van der Waals surface area (Å²) in [7, 11) is 2.99. The molecular formula is C18H18FN3O3. The van der Waals surface area contributed by atoms with Gasteiger partial charge in [0.05, 0.1) is 22.5 Å². The summed E-state index contributed by atoms with van der Waals surface area (Å²) in [4.78, 5) is 29.4. The van der Waals surface area contributed by atoms with E-state index < -0.39 is 17.5 Å². The highest BCUT2D eigenvalue weighted by molar-refractivity contribution is 6.46. The highest BCUT2D eigenvalue weighted by Crippen LogP contribution is 2.35. The molecule has 130 valence electrons. The Bertz CT molecular complexity index is 985. The largest absolute Gasteiger partial charge is 0.360 e. The van der Waals surface area contributed by atoms with Gasteiger partial charge in [-0.25, -0.2) is 4.39 Å². The number of nitrogens with zero attached hydrogens (tertiary/aromatic N) is 2. The summed E-state index contributed by atoms with van der Waals surface area (Å²) in [6.45, 7) is 3.66. The second-order valence-corrected chi connectivity index (χ2v) is 6.01. The fourth-order valence-corrected chi connectivity index (χ4v) is 2.88. The molecule has 3 aromatic rings. The van der Waals surface area contributed by atoms with Crippen molar-refractivity contribution in [3.8, 4) is 11.3 Å². The van der Waals surface area contributed by atoms with E-state index in [1.807, 2.05) is 6.92 Å². The van der Waals surface area contributed by atoms with Gasteiger partial charge in [-0.15, -0.1) is 0 Å². The maximum Gasteiger partial charge on any atom is 0.294 e. The predicted octanol–water partition coefficient (Wildman–Crippen LogP) is 3.10.